The fourth-order valence-electron chi connectivity index (χ4n) is 1.77. The molecule has 1 atom stereocenters. The Morgan fingerprint density at radius 1 is 1.59 bits per heavy atom. The van der Waals surface area contributed by atoms with Crippen LogP contribution in [0.25, 0.3) is 0 Å². The molecule has 2 heterocycles. The van der Waals surface area contributed by atoms with Crippen LogP contribution < -0.4 is 11.1 Å². The van der Waals surface area contributed by atoms with Crippen molar-refractivity contribution in [2.24, 2.45) is 5.73 Å². The van der Waals surface area contributed by atoms with Crippen molar-refractivity contribution in [3.8, 4) is 0 Å². The molecule has 6 heteroatoms. The van der Waals surface area contributed by atoms with E-state index in [-0.39, 0.29) is 5.91 Å². The van der Waals surface area contributed by atoms with Gasteiger partial charge in [-0.05, 0) is 18.6 Å². The Morgan fingerprint density at radius 3 is 3.12 bits per heavy atom. The van der Waals surface area contributed by atoms with Crippen molar-refractivity contribution in [2.45, 2.75) is 31.1 Å². The first-order chi connectivity index (χ1) is 8.29. The first kappa shape index (κ1) is 12.9. The number of hydrogen-bond donors (Lipinski definition) is 2. The lowest BCUT2D eigenvalue weighted by Gasteiger charge is -2.21. The maximum Gasteiger partial charge on any atom is 0.270 e. The van der Waals surface area contributed by atoms with Gasteiger partial charge in [-0.3, -0.25) is 4.79 Å². The van der Waals surface area contributed by atoms with Crippen molar-refractivity contribution < 1.29 is 4.79 Å². The van der Waals surface area contributed by atoms with Gasteiger partial charge in [0.05, 0.1) is 0 Å². The molecule has 0 aromatic carbocycles. The van der Waals surface area contributed by atoms with E-state index < -0.39 is 0 Å². The largest absolute Gasteiger partial charge is 0.350 e. The van der Waals surface area contributed by atoms with E-state index in [1.807, 2.05) is 11.8 Å². The number of nitrogens with zero attached hydrogens (tertiary/aromatic N) is 1. The second kappa shape index (κ2) is 6.37. The summed E-state index contributed by atoms with van der Waals surface area (Å²) in [6, 6.07) is 0. The van der Waals surface area contributed by atoms with E-state index in [9.17, 15) is 4.79 Å². The zero-order valence-electron chi connectivity index (χ0n) is 9.65. The molecule has 3 N–H and O–H groups in total. The summed E-state index contributed by atoms with van der Waals surface area (Å²) < 4.78 is 0. The molecule has 0 saturated carbocycles. The molecule has 0 bridgehead atoms. The molecule has 2 rings (SSSR count). The lowest BCUT2D eigenvalue weighted by atomic mass is 10.2. The Hall–Kier alpha value is -0.590. The number of nitrogens with one attached hydrogen (secondary N) is 1. The minimum atomic E-state index is -0.0767. The standard InChI is InChI=1S/C11H17N3OS2/c12-5-10-14-9(7-17-10)11(15)13-6-8-3-1-2-4-16-8/h7-8H,1-6,12H2,(H,13,15). The SMILES string of the molecule is NCc1nc(C(=O)NCC2CCCCS2)cs1. The topological polar surface area (TPSA) is 68.0 Å². The third kappa shape index (κ3) is 3.69. The fourth-order valence-corrected chi connectivity index (χ4v) is 3.67. The minimum absolute atomic E-state index is 0.0767. The quantitative estimate of drug-likeness (QED) is 0.873. The highest BCUT2D eigenvalue weighted by atomic mass is 32.2. The van der Waals surface area contributed by atoms with Crippen LogP contribution in [0, 0.1) is 0 Å². The van der Waals surface area contributed by atoms with Crippen molar-refractivity contribution in [3.05, 3.63) is 16.1 Å². The van der Waals surface area contributed by atoms with Crippen LogP contribution in [-0.2, 0) is 6.54 Å². The van der Waals surface area contributed by atoms with E-state index in [4.69, 9.17) is 5.73 Å². The fraction of sp³-hybridized carbons (Fsp3) is 0.636. The van der Waals surface area contributed by atoms with Gasteiger partial charge in [-0.2, -0.15) is 11.8 Å². The van der Waals surface area contributed by atoms with E-state index in [1.54, 1.807) is 5.38 Å². The highest BCUT2D eigenvalue weighted by Crippen LogP contribution is 2.24. The maximum atomic E-state index is 11.8. The van der Waals surface area contributed by atoms with Crippen molar-refractivity contribution >= 4 is 29.0 Å². The molecule has 1 unspecified atom stereocenters. The van der Waals surface area contributed by atoms with Gasteiger partial charge in [-0.15, -0.1) is 11.3 Å². The van der Waals surface area contributed by atoms with Crippen LogP contribution >= 0.6 is 23.1 Å². The van der Waals surface area contributed by atoms with Gasteiger partial charge in [-0.1, -0.05) is 6.42 Å². The minimum Gasteiger partial charge on any atom is -0.350 e. The Balaban J connectivity index is 1.80. The molecule has 1 aliphatic rings. The van der Waals surface area contributed by atoms with Gasteiger partial charge in [0.25, 0.3) is 5.91 Å². The number of carbonyl (C=O) groups is 1. The number of carbonyl (C=O) groups excluding carboxylic acids is 1. The van der Waals surface area contributed by atoms with E-state index in [0.717, 1.165) is 11.6 Å². The summed E-state index contributed by atoms with van der Waals surface area (Å²) >= 11 is 3.39. The molecule has 0 spiro atoms. The van der Waals surface area contributed by atoms with Crippen LogP contribution in [0.2, 0.25) is 0 Å². The van der Waals surface area contributed by atoms with E-state index in [1.165, 1.54) is 36.4 Å². The first-order valence-electron chi connectivity index (χ1n) is 5.84. The van der Waals surface area contributed by atoms with Crippen LogP contribution in [0.5, 0.6) is 0 Å². The summed E-state index contributed by atoms with van der Waals surface area (Å²) in [5, 5.41) is 6.10. The van der Waals surface area contributed by atoms with E-state index in [2.05, 4.69) is 10.3 Å². The second-order valence-corrected chi connectivity index (χ2v) is 6.38. The van der Waals surface area contributed by atoms with E-state index in [0.29, 0.717) is 17.5 Å². The predicted molar refractivity (Wildman–Crippen MR) is 72.4 cm³/mol. The zero-order valence-corrected chi connectivity index (χ0v) is 11.3. The molecule has 1 fully saturated rings. The molecule has 1 amide bonds. The van der Waals surface area contributed by atoms with Crippen molar-refractivity contribution in [2.75, 3.05) is 12.3 Å². The van der Waals surface area contributed by atoms with Crippen molar-refractivity contribution in [1.82, 2.24) is 10.3 Å². The molecule has 0 aliphatic carbocycles. The first-order valence-corrected chi connectivity index (χ1v) is 7.76. The molecular weight excluding hydrogens is 254 g/mol. The molecule has 1 aromatic rings. The number of rotatable bonds is 4. The maximum absolute atomic E-state index is 11.8. The van der Waals surface area contributed by atoms with Gasteiger partial charge in [0.15, 0.2) is 0 Å². The number of thioether (sulfide) groups is 1. The Bertz CT molecular complexity index is 375. The summed E-state index contributed by atoms with van der Waals surface area (Å²) in [7, 11) is 0. The Kier molecular flexibility index (Phi) is 4.82. The third-order valence-corrected chi connectivity index (χ3v) is 4.99. The normalized spacial score (nSPS) is 20.2. The average Bonchev–Trinajstić information content (AvgIpc) is 2.86. The highest BCUT2D eigenvalue weighted by Gasteiger charge is 2.16. The molecular formula is C11H17N3OS2. The highest BCUT2D eigenvalue weighted by molar-refractivity contribution is 7.99. The zero-order chi connectivity index (χ0) is 12.1. The second-order valence-electron chi connectivity index (χ2n) is 4.03. The van der Waals surface area contributed by atoms with Crippen molar-refractivity contribution in [1.29, 1.82) is 0 Å². The lowest BCUT2D eigenvalue weighted by molar-refractivity contribution is 0.0949. The molecule has 94 valence electrons. The molecule has 1 saturated heterocycles. The van der Waals surface area contributed by atoms with Crippen molar-refractivity contribution in [3.63, 3.8) is 0 Å². The number of amides is 1. The average molecular weight is 271 g/mol. The predicted octanol–water partition coefficient (Wildman–Crippen LogP) is 1.62. The molecule has 17 heavy (non-hydrogen) atoms. The smallest absolute Gasteiger partial charge is 0.270 e. The Morgan fingerprint density at radius 2 is 2.47 bits per heavy atom. The Labute approximate surface area is 109 Å². The van der Waals surface area contributed by atoms with Gasteiger partial charge in [-0.25, -0.2) is 4.98 Å². The van der Waals surface area contributed by atoms with Gasteiger partial charge in [0, 0.05) is 23.7 Å². The monoisotopic (exact) mass is 271 g/mol. The third-order valence-electron chi connectivity index (χ3n) is 2.72. The van der Waals surface area contributed by atoms with Crippen LogP contribution in [-0.4, -0.2) is 28.4 Å². The molecule has 1 aromatic heterocycles. The summed E-state index contributed by atoms with van der Waals surface area (Å²) in [6.07, 6.45) is 3.79. The summed E-state index contributed by atoms with van der Waals surface area (Å²) in [5.41, 5.74) is 5.96. The van der Waals surface area contributed by atoms with Crippen LogP contribution in [0.4, 0.5) is 0 Å². The van der Waals surface area contributed by atoms with Gasteiger partial charge < -0.3 is 11.1 Å². The van der Waals surface area contributed by atoms with Crippen LogP contribution in [0.3, 0.4) is 0 Å². The summed E-state index contributed by atoms with van der Waals surface area (Å²) in [6.45, 7) is 1.15. The number of hydrogen-bond acceptors (Lipinski definition) is 5. The van der Waals surface area contributed by atoms with Gasteiger partial charge >= 0.3 is 0 Å². The molecule has 1 aliphatic heterocycles. The summed E-state index contributed by atoms with van der Waals surface area (Å²) in [5.74, 6) is 1.14. The lowest BCUT2D eigenvalue weighted by Crippen LogP contribution is -2.32. The molecule has 0 radical (unpaired) electrons. The van der Waals surface area contributed by atoms with Crippen LogP contribution in [0.1, 0.15) is 34.8 Å². The number of thiazole rings is 1. The van der Waals surface area contributed by atoms with Gasteiger partial charge in [0.2, 0.25) is 0 Å². The number of aromatic nitrogens is 1. The van der Waals surface area contributed by atoms with Gasteiger partial charge in [0.1, 0.15) is 10.7 Å². The number of nitrogens with two attached hydrogens (primary N) is 1. The van der Waals surface area contributed by atoms with Crippen LogP contribution in [0.15, 0.2) is 5.38 Å². The van der Waals surface area contributed by atoms with E-state index >= 15 is 0 Å². The summed E-state index contributed by atoms with van der Waals surface area (Å²) in [4.78, 5) is 16.0. The molecule has 4 nitrogen and oxygen atoms in total.